The number of aryl methyl sites for hydroxylation is 1. The van der Waals surface area contributed by atoms with Crippen molar-refractivity contribution in [3.05, 3.63) is 34.6 Å². The van der Waals surface area contributed by atoms with Crippen molar-refractivity contribution < 1.29 is 9.71 Å². The molecule has 0 fully saturated rings. The van der Waals surface area contributed by atoms with Crippen molar-refractivity contribution in [1.29, 1.82) is 0 Å². The maximum Gasteiger partial charge on any atom is 0.209 e. The normalized spacial score (nSPS) is 10.9. The molecule has 0 unspecified atom stereocenters. The van der Waals surface area contributed by atoms with Gasteiger partial charge in [0.25, 0.3) is 0 Å². The molecule has 0 spiro atoms. The van der Waals surface area contributed by atoms with E-state index in [4.69, 9.17) is 11.6 Å². The van der Waals surface area contributed by atoms with Crippen LogP contribution in [0, 0.1) is 5.82 Å². The predicted molar refractivity (Wildman–Crippen MR) is 76.0 cm³/mol. The first-order valence-corrected chi connectivity index (χ1v) is 7.64. The van der Waals surface area contributed by atoms with Gasteiger partial charge in [-0.2, -0.15) is 0 Å². The molecule has 0 aliphatic rings. The van der Waals surface area contributed by atoms with Crippen LogP contribution >= 0.6 is 23.4 Å². The van der Waals surface area contributed by atoms with Gasteiger partial charge in [0.05, 0.1) is 17.1 Å². The van der Waals surface area contributed by atoms with Gasteiger partial charge in [-0.05, 0) is 22.6 Å². The Hall–Kier alpha value is -1.18. The fourth-order valence-electron chi connectivity index (χ4n) is 1.71. The predicted octanol–water partition coefficient (Wildman–Crippen LogP) is 1.25. The third kappa shape index (κ3) is 4.16. The van der Waals surface area contributed by atoms with Crippen LogP contribution in [-0.4, -0.2) is 32.5 Å². The van der Waals surface area contributed by atoms with Gasteiger partial charge in [-0.3, -0.25) is 0 Å². The zero-order valence-electron chi connectivity index (χ0n) is 11.1. The summed E-state index contributed by atoms with van der Waals surface area (Å²) in [5.74, 6) is 0.684. The number of halogens is 2. The van der Waals surface area contributed by atoms with Crippen molar-refractivity contribution in [3.63, 3.8) is 0 Å². The standard InChI is InChI=1S/C12H15ClFN5S/c1-19-12(16-17-18-19)20-7-3-6-15-8-9-10(13)4-2-5-11(9)14/h2,4-5,15H,3,6-8H2,1H3/p+1. The number of hydrogen-bond acceptors (Lipinski definition) is 4. The Kier molecular flexibility index (Phi) is 5.75. The molecule has 0 saturated carbocycles. The quantitative estimate of drug-likeness (QED) is 0.617. The number of nitrogens with zero attached hydrogens (tertiary/aromatic N) is 4. The Balaban J connectivity index is 1.66. The number of nitrogens with two attached hydrogens (primary N) is 1. The molecule has 2 rings (SSSR count). The number of benzene rings is 1. The molecule has 0 bridgehead atoms. The molecule has 20 heavy (non-hydrogen) atoms. The molecule has 1 heterocycles. The molecule has 8 heteroatoms. The molecular formula is C12H16ClFN5S+. The first-order chi connectivity index (χ1) is 9.68. The molecule has 0 aliphatic heterocycles. The molecule has 5 nitrogen and oxygen atoms in total. The summed E-state index contributed by atoms with van der Waals surface area (Å²) >= 11 is 7.58. The van der Waals surface area contributed by atoms with Gasteiger partial charge in [0, 0.05) is 19.2 Å². The van der Waals surface area contributed by atoms with Crippen LogP contribution in [0.5, 0.6) is 0 Å². The molecule has 1 aromatic carbocycles. The van der Waals surface area contributed by atoms with Crippen LogP contribution in [0.3, 0.4) is 0 Å². The number of thioether (sulfide) groups is 1. The smallest absolute Gasteiger partial charge is 0.209 e. The number of hydrogen-bond donors (Lipinski definition) is 1. The van der Waals surface area contributed by atoms with E-state index in [0.29, 0.717) is 17.1 Å². The summed E-state index contributed by atoms with van der Waals surface area (Å²) in [7, 11) is 1.81. The van der Waals surface area contributed by atoms with Gasteiger partial charge in [-0.1, -0.05) is 29.4 Å². The lowest BCUT2D eigenvalue weighted by molar-refractivity contribution is -0.670. The molecule has 0 radical (unpaired) electrons. The summed E-state index contributed by atoms with van der Waals surface area (Å²) in [5.41, 5.74) is 0.569. The minimum atomic E-state index is -0.242. The summed E-state index contributed by atoms with van der Waals surface area (Å²) in [6, 6.07) is 4.77. The van der Waals surface area contributed by atoms with Gasteiger partial charge >= 0.3 is 0 Å². The van der Waals surface area contributed by atoms with Gasteiger partial charge in [0.15, 0.2) is 0 Å². The molecule has 1 aromatic heterocycles. The third-order valence-corrected chi connectivity index (χ3v) is 4.23. The molecule has 0 aliphatic carbocycles. The van der Waals surface area contributed by atoms with Crippen LogP contribution < -0.4 is 5.32 Å². The maximum atomic E-state index is 13.5. The second-order valence-corrected chi connectivity index (χ2v) is 5.74. The van der Waals surface area contributed by atoms with Crippen molar-refractivity contribution in [2.24, 2.45) is 7.05 Å². The molecular weight excluding hydrogens is 301 g/mol. The highest BCUT2D eigenvalue weighted by atomic mass is 35.5. The maximum absolute atomic E-state index is 13.5. The Morgan fingerprint density at radius 3 is 3.00 bits per heavy atom. The lowest BCUT2D eigenvalue weighted by Gasteiger charge is -2.05. The minimum Gasteiger partial charge on any atom is -0.342 e. The monoisotopic (exact) mass is 316 g/mol. The SMILES string of the molecule is Cn1nnnc1SCCC[NH2+]Cc1c(F)cccc1Cl. The Bertz CT molecular complexity index is 542. The summed E-state index contributed by atoms with van der Waals surface area (Å²) in [5, 5.41) is 14.6. The van der Waals surface area contributed by atoms with E-state index < -0.39 is 0 Å². The van der Waals surface area contributed by atoms with E-state index in [1.165, 1.54) is 6.07 Å². The van der Waals surface area contributed by atoms with E-state index in [9.17, 15) is 4.39 Å². The highest BCUT2D eigenvalue weighted by Gasteiger charge is 2.08. The van der Waals surface area contributed by atoms with Crippen LogP contribution in [0.2, 0.25) is 5.02 Å². The highest BCUT2D eigenvalue weighted by molar-refractivity contribution is 7.99. The second-order valence-electron chi connectivity index (χ2n) is 4.27. The average molecular weight is 317 g/mol. The average Bonchev–Trinajstić information content (AvgIpc) is 2.82. The summed E-state index contributed by atoms with van der Waals surface area (Å²) < 4.78 is 15.2. The van der Waals surface area contributed by atoms with Gasteiger partial charge in [0.1, 0.15) is 12.4 Å². The number of quaternary nitrogens is 1. The fourth-order valence-corrected chi connectivity index (χ4v) is 2.76. The third-order valence-electron chi connectivity index (χ3n) is 2.78. The van der Waals surface area contributed by atoms with Gasteiger partial charge in [0.2, 0.25) is 5.16 Å². The van der Waals surface area contributed by atoms with Crippen LogP contribution in [0.15, 0.2) is 23.4 Å². The van der Waals surface area contributed by atoms with Crippen molar-refractivity contribution in [2.45, 2.75) is 18.1 Å². The van der Waals surface area contributed by atoms with E-state index in [1.807, 2.05) is 7.05 Å². The Labute approximate surface area is 125 Å². The molecule has 2 aromatic rings. The van der Waals surface area contributed by atoms with Crippen LogP contribution in [0.4, 0.5) is 4.39 Å². The van der Waals surface area contributed by atoms with E-state index >= 15 is 0 Å². The van der Waals surface area contributed by atoms with Crippen LogP contribution in [0.1, 0.15) is 12.0 Å². The first-order valence-electron chi connectivity index (χ1n) is 6.28. The molecule has 0 atom stereocenters. The summed E-state index contributed by atoms with van der Waals surface area (Å²) in [6.45, 7) is 1.46. The number of tetrazole rings is 1. The summed E-state index contributed by atoms with van der Waals surface area (Å²) in [4.78, 5) is 0. The molecule has 0 saturated heterocycles. The first kappa shape index (κ1) is 15.2. The van der Waals surface area contributed by atoms with Crippen molar-refractivity contribution in [2.75, 3.05) is 12.3 Å². The van der Waals surface area contributed by atoms with Crippen LogP contribution in [-0.2, 0) is 13.6 Å². The number of aromatic nitrogens is 4. The minimum absolute atomic E-state index is 0.242. The zero-order valence-corrected chi connectivity index (χ0v) is 12.7. The van der Waals surface area contributed by atoms with Crippen molar-refractivity contribution in [3.8, 4) is 0 Å². The van der Waals surface area contributed by atoms with Gasteiger partial charge < -0.3 is 5.32 Å². The van der Waals surface area contributed by atoms with Crippen LogP contribution in [0.25, 0.3) is 0 Å². The Morgan fingerprint density at radius 1 is 1.45 bits per heavy atom. The fraction of sp³-hybridized carbons (Fsp3) is 0.417. The number of rotatable bonds is 7. The van der Waals surface area contributed by atoms with E-state index in [1.54, 1.807) is 28.6 Å². The van der Waals surface area contributed by atoms with E-state index in [0.717, 1.165) is 23.9 Å². The van der Waals surface area contributed by atoms with Crippen molar-refractivity contribution in [1.82, 2.24) is 20.2 Å². The molecule has 2 N–H and O–H groups in total. The van der Waals surface area contributed by atoms with E-state index in [2.05, 4.69) is 20.8 Å². The Morgan fingerprint density at radius 2 is 2.30 bits per heavy atom. The van der Waals surface area contributed by atoms with Crippen molar-refractivity contribution >= 4 is 23.4 Å². The largest absolute Gasteiger partial charge is 0.342 e. The zero-order chi connectivity index (χ0) is 14.4. The topological polar surface area (TPSA) is 60.2 Å². The van der Waals surface area contributed by atoms with Gasteiger partial charge in [-0.25, -0.2) is 9.07 Å². The lowest BCUT2D eigenvalue weighted by Crippen LogP contribution is -2.82. The molecule has 0 amide bonds. The van der Waals surface area contributed by atoms with Gasteiger partial charge in [-0.15, -0.1) is 5.10 Å². The van der Waals surface area contributed by atoms with E-state index in [-0.39, 0.29) is 5.82 Å². The highest BCUT2D eigenvalue weighted by Crippen LogP contribution is 2.17. The molecule has 108 valence electrons. The second kappa shape index (κ2) is 7.56. The lowest BCUT2D eigenvalue weighted by atomic mass is 10.2. The summed E-state index contributed by atoms with van der Waals surface area (Å²) in [6.07, 6.45) is 0.990.